The van der Waals surface area contributed by atoms with Crippen LogP contribution in [0.4, 0.5) is 0 Å². The Balaban J connectivity index is 1.79. The normalized spacial score (nSPS) is 19.1. The average Bonchev–Trinajstić information content (AvgIpc) is 3.21. The highest BCUT2D eigenvalue weighted by atomic mass is 32.2. The van der Waals surface area contributed by atoms with E-state index in [2.05, 4.69) is 10.6 Å². The summed E-state index contributed by atoms with van der Waals surface area (Å²) < 4.78 is -0.542. The van der Waals surface area contributed by atoms with Crippen LogP contribution < -0.4 is 10.6 Å². The Morgan fingerprint density at radius 2 is 1.76 bits per heavy atom. The fourth-order valence-corrected chi connectivity index (χ4v) is 5.60. The van der Waals surface area contributed by atoms with Crippen LogP contribution in [0.3, 0.4) is 0 Å². The van der Waals surface area contributed by atoms with Crippen molar-refractivity contribution in [1.29, 1.82) is 0 Å². The number of aliphatic hydroxyl groups excluding tert-OH is 1. The van der Waals surface area contributed by atoms with Gasteiger partial charge in [0, 0.05) is 17.2 Å². The molecular formula is C29H39N3O4S. The molecule has 1 aliphatic rings. The molecule has 7 nitrogen and oxygen atoms in total. The first kappa shape index (κ1) is 28.7. The maximum Gasteiger partial charge on any atom is 0.254 e. The van der Waals surface area contributed by atoms with Crippen LogP contribution in [0.5, 0.6) is 0 Å². The number of amides is 3. The van der Waals surface area contributed by atoms with E-state index in [4.69, 9.17) is 0 Å². The molecule has 37 heavy (non-hydrogen) atoms. The second kappa shape index (κ2) is 12.6. The molecule has 0 bridgehead atoms. The molecule has 2 aromatic carbocycles. The van der Waals surface area contributed by atoms with Crippen molar-refractivity contribution in [2.24, 2.45) is 5.92 Å². The topological polar surface area (TPSA) is 98.7 Å². The van der Waals surface area contributed by atoms with Gasteiger partial charge in [0.2, 0.25) is 11.8 Å². The first-order chi connectivity index (χ1) is 17.5. The van der Waals surface area contributed by atoms with Gasteiger partial charge in [-0.1, -0.05) is 68.4 Å². The van der Waals surface area contributed by atoms with Gasteiger partial charge in [-0.15, -0.1) is 11.8 Å². The molecule has 4 atom stereocenters. The van der Waals surface area contributed by atoms with Gasteiger partial charge < -0.3 is 20.6 Å². The van der Waals surface area contributed by atoms with Gasteiger partial charge in [0.1, 0.15) is 6.04 Å². The summed E-state index contributed by atoms with van der Waals surface area (Å²) in [5, 5.41) is 17.2. The van der Waals surface area contributed by atoms with Gasteiger partial charge in [-0.3, -0.25) is 14.4 Å². The fourth-order valence-electron chi connectivity index (χ4n) is 4.46. The minimum Gasteiger partial charge on any atom is -0.381 e. The van der Waals surface area contributed by atoms with Crippen molar-refractivity contribution >= 4 is 29.5 Å². The highest BCUT2D eigenvalue weighted by molar-refractivity contribution is 8.00. The molecule has 3 amide bonds. The van der Waals surface area contributed by atoms with Gasteiger partial charge in [0.15, 0.2) is 6.10 Å². The molecular weight excluding hydrogens is 486 g/mol. The third kappa shape index (κ3) is 7.14. The Morgan fingerprint density at radius 3 is 2.41 bits per heavy atom. The summed E-state index contributed by atoms with van der Waals surface area (Å²) in [5.41, 5.74) is 2.98. The van der Waals surface area contributed by atoms with Gasteiger partial charge in [-0.25, -0.2) is 0 Å². The van der Waals surface area contributed by atoms with Crippen molar-refractivity contribution in [2.75, 3.05) is 5.88 Å². The minimum absolute atomic E-state index is 0.209. The molecule has 8 heteroatoms. The highest BCUT2D eigenvalue weighted by Crippen LogP contribution is 2.40. The summed E-state index contributed by atoms with van der Waals surface area (Å²) in [4.78, 5) is 41.2. The van der Waals surface area contributed by atoms with Crippen LogP contribution in [-0.4, -0.2) is 56.5 Å². The first-order valence-electron chi connectivity index (χ1n) is 12.8. The highest BCUT2D eigenvalue weighted by Gasteiger charge is 2.49. The Bertz CT molecular complexity index is 1090. The summed E-state index contributed by atoms with van der Waals surface area (Å²) in [5.74, 6) is -0.995. The van der Waals surface area contributed by atoms with Gasteiger partial charge in [-0.2, -0.15) is 0 Å². The number of carbonyl (C=O) groups excluding carboxylic acids is 3. The number of benzene rings is 2. The second-order valence-electron chi connectivity index (χ2n) is 10.3. The molecule has 4 unspecified atom stereocenters. The van der Waals surface area contributed by atoms with Crippen molar-refractivity contribution < 1.29 is 19.5 Å². The van der Waals surface area contributed by atoms with E-state index in [0.29, 0.717) is 19.4 Å². The monoisotopic (exact) mass is 525 g/mol. The number of rotatable bonds is 10. The lowest BCUT2D eigenvalue weighted by molar-refractivity contribution is -0.148. The lowest BCUT2D eigenvalue weighted by atomic mass is 9.96. The second-order valence-corrected chi connectivity index (χ2v) is 11.9. The van der Waals surface area contributed by atoms with E-state index in [1.54, 1.807) is 0 Å². The zero-order valence-electron chi connectivity index (χ0n) is 22.4. The van der Waals surface area contributed by atoms with Crippen LogP contribution in [0, 0.1) is 12.8 Å². The summed E-state index contributed by atoms with van der Waals surface area (Å²) in [6.45, 7) is 9.95. The quantitative estimate of drug-likeness (QED) is 0.442. The zero-order chi connectivity index (χ0) is 27.2. The van der Waals surface area contributed by atoms with Crippen LogP contribution in [-0.2, 0) is 27.3 Å². The van der Waals surface area contributed by atoms with E-state index in [-0.39, 0.29) is 23.6 Å². The standard InChI is InChI=1S/C29H39N3O4S/c1-6-19(2)26(34)31-23(16-21-13-8-7-9-14-21)24(33)28(36)32-18-37-29(4,5)25(32)27(35)30-17-22-15-11-10-12-20(22)3/h7-15,19,23-25,33H,6,16-18H2,1-5H3,(H,30,35)(H,31,34). The molecule has 0 radical (unpaired) electrons. The van der Waals surface area contributed by atoms with Crippen molar-refractivity contribution in [3.05, 3.63) is 71.3 Å². The predicted molar refractivity (Wildman–Crippen MR) is 148 cm³/mol. The molecule has 3 N–H and O–H groups in total. The number of nitrogens with one attached hydrogen (secondary N) is 2. The molecule has 0 aliphatic carbocycles. The van der Waals surface area contributed by atoms with E-state index < -0.39 is 28.8 Å². The number of carbonyl (C=O) groups is 3. The largest absolute Gasteiger partial charge is 0.381 e. The van der Waals surface area contributed by atoms with Crippen molar-refractivity contribution in [1.82, 2.24) is 15.5 Å². The Morgan fingerprint density at radius 1 is 1.11 bits per heavy atom. The fraction of sp³-hybridized carbons (Fsp3) is 0.483. The van der Waals surface area contributed by atoms with Crippen LogP contribution in [0.2, 0.25) is 0 Å². The van der Waals surface area contributed by atoms with E-state index in [1.807, 2.05) is 89.2 Å². The van der Waals surface area contributed by atoms with E-state index >= 15 is 0 Å². The molecule has 0 spiro atoms. The maximum absolute atomic E-state index is 13.7. The lowest BCUT2D eigenvalue weighted by Crippen LogP contribution is -2.59. The molecule has 0 aromatic heterocycles. The lowest BCUT2D eigenvalue weighted by Gasteiger charge is -2.33. The number of aliphatic hydroxyl groups is 1. The molecule has 1 heterocycles. The zero-order valence-corrected chi connectivity index (χ0v) is 23.2. The van der Waals surface area contributed by atoms with E-state index in [9.17, 15) is 19.5 Å². The molecule has 0 saturated carbocycles. The third-order valence-electron chi connectivity index (χ3n) is 7.11. The van der Waals surface area contributed by atoms with Crippen LogP contribution in [0.25, 0.3) is 0 Å². The maximum atomic E-state index is 13.7. The number of hydrogen-bond acceptors (Lipinski definition) is 5. The minimum atomic E-state index is -1.49. The van der Waals surface area contributed by atoms with Crippen LogP contribution in [0.1, 0.15) is 50.8 Å². The molecule has 3 rings (SSSR count). The molecule has 1 fully saturated rings. The van der Waals surface area contributed by atoms with Crippen molar-refractivity contribution in [3.63, 3.8) is 0 Å². The summed E-state index contributed by atoms with van der Waals surface area (Å²) >= 11 is 1.50. The summed E-state index contributed by atoms with van der Waals surface area (Å²) in [6.07, 6.45) is -0.548. The SMILES string of the molecule is CCC(C)C(=O)NC(Cc1ccccc1)C(O)C(=O)N1CSC(C)(C)C1C(=O)NCc1ccccc1C. The van der Waals surface area contributed by atoms with Gasteiger partial charge in [0.25, 0.3) is 5.91 Å². The Hall–Kier alpha value is -2.84. The Kier molecular flexibility index (Phi) is 9.79. The van der Waals surface area contributed by atoms with Gasteiger partial charge in [-0.05, 0) is 50.3 Å². The summed E-state index contributed by atoms with van der Waals surface area (Å²) in [7, 11) is 0. The number of thioether (sulfide) groups is 1. The van der Waals surface area contributed by atoms with Gasteiger partial charge in [0.05, 0.1) is 11.9 Å². The molecule has 1 aliphatic heterocycles. The number of hydrogen-bond donors (Lipinski definition) is 3. The third-order valence-corrected chi connectivity index (χ3v) is 8.49. The van der Waals surface area contributed by atoms with Crippen molar-refractivity contribution in [2.45, 2.75) is 76.9 Å². The first-order valence-corrected chi connectivity index (χ1v) is 13.8. The predicted octanol–water partition coefficient (Wildman–Crippen LogP) is 3.43. The van der Waals surface area contributed by atoms with E-state index in [1.165, 1.54) is 16.7 Å². The molecule has 2 aromatic rings. The van der Waals surface area contributed by atoms with Crippen LogP contribution >= 0.6 is 11.8 Å². The van der Waals surface area contributed by atoms with E-state index in [0.717, 1.165) is 16.7 Å². The summed E-state index contributed by atoms with van der Waals surface area (Å²) in [6, 6.07) is 15.7. The van der Waals surface area contributed by atoms with Crippen LogP contribution in [0.15, 0.2) is 54.6 Å². The number of nitrogens with zero attached hydrogens (tertiary/aromatic N) is 1. The average molecular weight is 526 g/mol. The molecule has 200 valence electrons. The molecule has 1 saturated heterocycles. The Labute approximate surface area is 224 Å². The van der Waals surface area contributed by atoms with Gasteiger partial charge >= 0.3 is 0 Å². The number of aryl methyl sites for hydroxylation is 1. The smallest absolute Gasteiger partial charge is 0.254 e. The van der Waals surface area contributed by atoms with Crippen molar-refractivity contribution in [3.8, 4) is 0 Å².